The van der Waals surface area contributed by atoms with Crippen molar-refractivity contribution in [2.75, 3.05) is 13.2 Å². The number of carbonyl (C=O) groups is 1. The van der Waals surface area contributed by atoms with Crippen LogP contribution in [0.2, 0.25) is 0 Å². The first-order valence-corrected chi connectivity index (χ1v) is 10.5. The minimum absolute atomic E-state index is 0.0702. The lowest BCUT2D eigenvalue weighted by molar-refractivity contribution is -0.124. The van der Waals surface area contributed by atoms with E-state index in [1.807, 2.05) is 78.9 Å². The molecule has 0 radical (unpaired) electrons. The molecule has 2 N–H and O–H groups in total. The second kappa shape index (κ2) is 9.36. The highest BCUT2D eigenvalue weighted by Gasteiger charge is 2.24. The Morgan fingerprint density at radius 2 is 1.35 bits per heavy atom. The summed E-state index contributed by atoms with van der Waals surface area (Å²) >= 11 is 0. The highest BCUT2D eigenvalue weighted by atomic mass is 16.5. The third kappa shape index (κ3) is 6.19. The zero-order valence-electron chi connectivity index (χ0n) is 18.7. The van der Waals surface area contributed by atoms with E-state index in [1.54, 1.807) is 6.92 Å². The van der Waals surface area contributed by atoms with Gasteiger partial charge in [-0.25, -0.2) is 0 Å². The number of amides is 1. The molecular formula is C27H31NO3. The highest BCUT2D eigenvalue weighted by Crippen LogP contribution is 2.25. The van der Waals surface area contributed by atoms with Crippen molar-refractivity contribution in [1.29, 1.82) is 0 Å². The molecule has 31 heavy (non-hydrogen) atoms. The highest BCUT2D eigenvalue weighted by molar-refractivity contribution is 5.77. The maximum atomic E-state index is 12.2. The first-order chi connectivity index (χ1) is 14.6. The average Bonchev–Trinajstić information content (AvgIpc) is 2.77. The summed E-state index contributed by atoms with van der Waals surface area (Å²) in [7, 11) is 0. The van der Waals surface area contributed by atoms with E-state index >= 15 is 0 Å². The Bertz CT molecular complexity index is 985. The number of hydrogen-bond acceptors (Lipinski definition) is 3. The Morgan fingerprint density at radius 1 is 0.806 bits per heavy atom. The lowest BCUT2D eigenvalue weighted by Crippen LogP contribution is -2.40. The molecule has 0 bridgehead atoms. The average molecular weight is 418 g/mol. The van der Waals surface area contributed by atoms with Gasteiger partial charge in [0.1, 0.15) is 11.4 Å². The summed E-state index contributed by atoms with van der Waals surface area (Å²) in [5.74, 6) is 0.368. The first kappa shape index (κ1) is 22.6. The van der Waals surface area contributed by atoms with E-state index in [4.69, 9.17) is 4.74 Å². The van der Waals surface area contributed by atoms with Crippen LogP contribution in [0, 0.1) is 0 Å². The molecule has 0 spiro atoms. The number of hydrogen-bond donors (Lipinski definition) is 2. The van der Waals surface area contributed by atoms with Gasteiger partial charge in [-0.1, -0.05) is 87.5 Å². The zero-order valence-corrected chi connectivity index (χ0v) is 18.7. The SMILES string of the molecule is CC(C)(C)c1ccc(OCC(=O)NCC(C)(O)c2ccc(-c3ccccc3)cc2)cc1. The molecule has 1 unspecified atom stereocenters. The predicted molar refractivity (Wildman–Crippen MR) is 125 cm³/mol. The van der Waals surface area contributed by atoms with E-state index in [0.717, 1.165) is 16.7 Å². The van der Waals surface area contributed by atoms with Gasteiger partial charge in [-0.3, -0.25) is 4.79 Å². The lowest BCUT2D eigenvalue weighted by Gasteiger charge is -2.24. The second-order valence-electron chi connectivity index (χ2n) is 9.06. The van der Waals surface area contributed by atoms with Crippen molar-refractivity contribution in [2.45, 2.75) is 38.7 Å². The van der Waals surface area contributed by atoms with Gasteiger partial charge in [-0.05, 0) is 46.7 Å². The van der Waals surface area contributed by atoms with Crippen LogP contribution in [-0.2, 0) is 15.8 Å². The van der Waals surface area contributed by atoms with Crippen LogP contribution in [0.1, 0.15) is 38.8 Å². The first-order valence-electron chi connectivity index (χ1n) is 10.5. The van der Waals surface area contributed by atoms with Crippen LogP contribution in [0.25, 0.3) is 11.1 Å². The van der Waals surface area contributed by atoms with Crippen molar-refractivity contribution in [1.82, 2.24) is 5.32 Å². The molecule has 0 heterocycles. The summed E-state index contributed by atoms with van der Waals surface area (Å²) in [6, 6.07) is 25.6. The van der Waals surface area contributed by atoms with Crippen molar-refractivity contribution in [3.8, 4) is 16.9 Å². The van der Waals surface area contributed by atoms with Crippen molar-refractivity contribution in [3.05, 3.63) is 90.0 Å². The van der Waals surface area contributed by atoms with Gasteiger partial charge >= 0.3 is 0 Å². The van der Waals surface area contributed by atoms with Crippen molar-refractivity contribution < 1.29 is 14.6 Å². The largest absolute Gasteiger partial charge is 0.484 e. The van der Waals surface area contributed by atoms with E-state index in [9.17, 15) is 9.90 Å². The number of nitrogens with one attached hydrogen (secondary N) is 1. The third-order valence-electron chi connectivity index (χ3n) is 5.33. The van der Waals surface area contributed by atoms with Gasteiger partial charge in [0, 0.05) is 0 Å². The summed E-state index contributed by atoms with van der Waals surface area (Å²) in [6.45, 7) is 8.14. The van der Waals surface area contributed by atoms with Crippen molar-refractivity contribution >= 4 is 5.91 Å². The van der Waals surface area contributed by atoms with Gasteiger partial charge < -0.3 is 15.2 Å². The Balaban J connectivity index is 1.52. The van der Waals surface area contributed by atoms with Gasteiger partial charge in [0.2, 0.25) is 0 Å². The third-order valence-corrected chi connectivity index (χ3v) is 5.33. The number of ether oxygens (including phenoxy) is 1. The topological polar surface area (TPSA) is 58.6 Å². The van der Waals surface area contributed by atoms with Crippen LogP contribution in [-0.4, -0.2) is 24.2 Å². The van der Waals surface area contributed by atoms with Crippen LogP contribution >= 0.6 is 0 Å². The molecule has 3 aromatic carbocycles. The molecule has 0 aliphatic heterocycles. The van der Waals surface area contributed by atoms with Gasteiger partial charge in [0.05, 0.1) is 6.54 Å². The summed E-state index contributed by atoms with van der Waals surface area (Å²) < 4.78 is 5.58. The van der Waals surface area contributed by atoms with Crippen LogP contribution in [0.5, 0.6) is 5.75 Å². The molecule has 0 aliphatic rings. The van der Waals surface area contributed by atoms with Crippen LogP contribution in [0.4, 0.5) is 0 Å². The molecule has 3 aromatic rings. The number of aliphatic hydroxyl groups is 1. The second-order valence-corrected chi connectivity index (χ2v) is 9.06. The maximum absolute atomic E-state index is 12.2. The van der Waals surface area contributed by atoms with Gasteiger partial charge in [-0.2, -0.15) is 0 Å². The Morgan fingerprint density at radius 3 is 1.94 bits per heavy atom. The summed E-state index contributed by atoms with van der Waals surface area (Å²) in [5.41, 5.74) is 3.04. The summed E-state index contributed by atoms with van der Waals surface area (Å²) in [4.78, 5) is 12.2. The summed E-state index contributed by atoms with van der Waals surface area (Å²) in [5, 5.41) is 13.6. The van der Waals surface area contributed by atoms with E-state index in [-0.39, 0.29) is 24.5 Å². The van der Waals surface area contributed by atoms with Crippen LogP contribution in [0.15, 0.2) is 78.9 Å². The van der Waals surface area contributed by atoms with E-state index in [2.05, 4.69) is 26.1 Å². The standard InChI is InChI=1S/C27H31NO3/c1-26(2,3)22-14-16-24(17-15-22)31-18-25(29)28-19-27(4,30)23-12-10-21(11-13-23)20-8-6-5-7-9-20/h5-17,30H,18-19H2,1-4H3,(H,28,29). The van der Waals surface area contributed by atoms with Crippen molar-refractivity contribution in [2.24, 2.45) is 0 Å². The van der Waals surface area contributed by atoms with E-state index in [1.165, 1.54) is 5.56 Å². The predicted octanol–water partition coefficient (Wildman–Crippen LogP) is 5.05. The molecule has 4 heteroatoms. The minimum Gasteiger partial charge on any atom is -0.484 e. The molecule has 0 fully saturated rings. The fraction of sp³-hybridized carbons (Fsp3) is 0.296. The Kier molecular flexibility index (Phi) is 6.81. The monoisotopic (exact) mass is 417 g/mol. The molecular weight excluding hydrogens is 386 g/mol. The fourth-order valence-corrected chi connectivity index (χ4v) is 3.28. The van der Waals surface area contributed by atoms with Gasteiger partial charge in [-0.15, -0.1) is 0 Å². The van der Waals surface area contributed by atoms with Crippen LogP contribution in [0.3, 0.4) is 0 Å². The Hall–Kier alpha value is -3.11. The molecule has 4 nitrogen and oxygen atoms in total. The molecule has 162 valence electrons. The normalized spacial score (nSPS) is 13.3. The Labute approximate surface area is 184 Å². The molecule has 0 saturated heterocycles. The maximum Gasteiger partial charge on any atom is 0.258 e. The molecule has 1 atom stereocenters. The van der Waals surface area contributed by atoms with Crippen molar-refractivity contribution in [3.63, 3.8) is 0 Å². The number of carbonyl (C=O) groups excluding carboxylic acids is 1. The van der Waals surface area contributed by atoms with Gasteiger partial charge in [0.25, 0.3) is 5.91 Å². The van der Waals surface area contributed by atoms with Crippen LogP contribution < -0.4 is 10.1 Å². The number of rotatable bonds is 7. The fourth-order valence-electron chi connectivity index (χ4n) is 3.28. The van der Waals surface area contributed by atoms with E-state index < -0.39 is 5.60 Å². The van der Waals surface area contributed by atoms with E-state index in [0.29, 0.717) is 5.75 Å². The smallest absolute Gasteiger partial charge is 0.258 e. The quantitative estimate of drug-likeness (QED) is 0.565. The zero-order chi connectivity index (χ0) is 22.5. The molecule has 0 aliphatic carbocycles. The minimum atomic E-state index is -1.18. The van der Waals surface area contributed by atoms with Gasteiger partial charge in [0.15, 0.2) is 6.61 Å². The molecule has 0 saturated carbocycles. The lowest BCUT2D eigenvalue weighted by atomic mass is 9.87. The molecule has 3 rings (SSSR count). The number of benzene rings is 3. The summed E-state index contributed by atoms with van der Waals surface area (Å²) in [6.07, 6.45) is 0. The molecule has 0 aromatic heterocycles. The molecule has 1 amide bonds.